The number of nitrogens with two attached hydrogens (primary N) is 1. The lowest BCUT2D eigenvalue weighted by molar-refractivity contribution is 0.253. The highest BCUT2D eigenvalue weighted by Gasteiger charge is 2.34. The fraction of sp³-hybridized carbons (Fsp3) is 0.194. The molecule has 2 aromatic carbocycles. The van der Waals surface area contributed by atoms with Gasteiger partial charge < -0.3 is 5.73 Å². The van der Waals surface area contributed by atoms with E-state index in [-0.39, 0.29) is 5.54 Å². The first kappa shape index (κ1) is 22.9. The zero-order valence-corrected chi connectivity index (χ0v) is 20.9. The minimum Gasteiger partial charge on any atom is -0.321 e. The van der Waals surface area contributed by atoms with Crippen molar-refractivity contribution in [1.29, 1.82) is 0 Å². The van der Waals surface area contributed by atoms with Gasteiger partial charge in [0.1, 0.15) is 5.03 Å². The number of thioether (sulfide) groups is 1. The second-order valence-corrected chi connectivity index (χ2v) is 10.6. The summed E-state index contributed by atoms with van der Waals surface area (Å²) in [6.07, 6.45) is 9.86. The zero-order chi connectivity index (χ0) is 24.4. The lowest BCUT2D eigenvalue weighted by Gasteiger charge is -2.38. The monoisotopic (exact) mass is 488 g/mol. The van der Waals surface area contributed by atoms with Crippen LogP contribution in [0.25, 0.3) is 33.3 Å². The van der Waals surface area contributed by atoms with Crippen LogP contribution in [-0.4, -0.2) is 20.7 Å². The SMILES string of the molecule is NC1(c2ccc(-c3nc4ccnc(SCCc5ccncc5)c4cc3-c3ccccc3)cc2)CCC1. The fourth-order valence-corrected chi connectivity index (χ4v) is 5.85. The van der Waals surface area contributed by atoms with Crippen molar-refractivity contribution in [2.24, 2.45) is 5.73 Å². The van der Waals surface area contributed by atoms with Gasteiger partial charge in [0.05, 0.1) is 11.2 Å². The lowest BCUT2D eigenvalue weighted by atomic mass is 9.72. The third kappa shape index (κ3) is 4.52. The van der Waals surface area contributed by atoms with Crippen LogP contribution in [0.1, 0.15) is 30.4 Å². The summed E-state index contributed by atoms with van der Waals surface area (Å²) < 4.78 is 0. The van der Waals surface area contributed by atoms with Gasteiger partial charge in [-0.1, -0.05) is 54.6 Å². The minimum absolute atomic E-state index is 0.161. The van der Waals surface area contributed by atoms with Crippen molar-refractivity contribution < 1.29 is 0 Å². The van der Waals surface area contributed by atoms with Gasteiger partial charge in [-0.2, -0.15) is 0 Å². The summed E-state index contributed by atoms with van der Waals surface area (Å²) in [6, 6.07) is 27.6. The van der Waals surface area contributed by atoms with Crippen LogP contribution in [-0.2, 0) is 12.0 Å². The molecule has 0 saturated heterocycles. The Morgan fingerprint density at radius 1 is 0.833 bits per heavy atom. The molecular weight excluding hydrogens is 460 g/mol. The molecule has 0 aliphatic heterocycles. The van der Waals surface area contributed by atoms with Crippen molar-refractivity contribution in [1.82, 2.24) is 15.0 Å². The quantitative estimate of drug-likeness (QED) is 0.249. The van der Waals surface area contributed by atoms with Gasteiger partial charge in [-0.05, 0) is 66.6 Å². The lowest BCUT2D eigenvalue weighted by Crippen LogP contribution is -2.43. The van der Waals surface area contributed by atoms with Crippen LogP contribution in [0.5, 0.6) is 0 Å². The van der Waals surface area contributed by atoms with Crippen molar-refractivity contribution in [2.45, 2.75) is 36.2 Å². The van der Waals surface area contributed by atoms with Crippen LogP contribution in [0.15, 0.2) is 102 Å². The predicted molar refractivity (Wildman–Crippen MR) is 149 cm³/mol. The summed E-state index contributed by atoms with van der Waals surface area (Å²) in [5, 5.41) is 2.11. The second kappa shape index (κ2) is 9.84. The van der Waals surface area contributed by atoms with Crippen molar-refractivity contribution in [3.8, 4) is 22.4 Å². The molecule has 1 saturated carbocycles. The number of pyridine rings is 3. The first-order valence-electron chi connectivity index (χ1n) is 12.5. The number of hydrogen-bond acceptors (Lipinski definition) is 5. The Labute approximate surface area is 216 Å². The molecule has 3 aromatic heterocycles. The number of rotatable bonds is 7. The number of benzene rings is 2. The van der Waals surface area contributed by atoms with E-state index in [1.165, 1.54) is 17.5 Å². The molecule has 178 valence electrons. The maximum atomic E-state index is 6.57. The highest BCUT2D eigenvalue weighted by atomic mass is 32.2. The standard InChI is InChI=1S/C31H28N4S/c32-31(15-4-16-31)25-9-7-24(8-10-25)29-26(23-5-2-1-3-6-23)21-27-28(35-29)13-19-34-30(27)36-20-14-22-11-17-33-18-12-22/h1-3,5-13,17-19,21H,4,14-16,20,32H2. The van der Waals surface area contributed by atoms with Gasteiger partial charge in [-0.25, -0.2) is 9.97 Å². The summed E-state index contributed by atoms with van der Waals surface area (Å²) in [4.78, 5) is 14.0. The van der Waals surface area contributed by atoms with E-state index in [4.69, 9.17) is 15.7 Å². The molecule has 0 amide bonds. The van der Waals surface area contributed by atoms with Crippen LogP contribution in [0.4, 0.5) is 0 Å². The van der Waals surface area contributed by atoms with E-state index < -0.39 is 0 Å². The van der Waals surface area contributed by atoms with Gasteiger partial charge in [0.2, 0.25) is 0 Å². The molecule has 0 radical (unpaired) electrons. The molecule has 2 N–H and O–H groups in total. The van der Waals surface area contributed by atoms with Crippen molar-refractivity contribution in [2.75, 3.05) is 5.75 Å². The minimum atomic E-state index is -0.161. The molecule has 0 unspecified atom stereocenters. The first-order valence-corrected chi connectivity index (χ1v) is 13.4. The average Bonchev–Trinajstić information content (AvgIpc) is 2.92. The molecule has 0 spiro atoms. The van der Waals surface area contributed by atoms with E-state index in [1.807, 2.05) is 30.7 Å². The van der Waals surface area contributed by atoms with Gasteiger partial charge in [-0.3, -0.25) is 4.98 Å². The molecule has 0 atom stereocenters. The zero-order valence-electron chi connectivity index (χ0n) is 20.1. The van der Waals surface area contributed by atoms with E-state index in [9.17, 15) is 0 Å². The smallest absolute Gasteiger partial charge is 0.105 e. The van der Waals surface area contributed by atoms with Gasteiger partial charge in [0.25, 0.3) is 0 Å². The highest BCUT2D eigenvalue weighted by Crippen LogP contribution is 2.40. The Kier molecular flexibility index (Phi) is 6.26. The Morgan fingerprint density at radius 2 is 1.61 bits per heavy atom. The molecule has 6 rings (SSSR count). The molecular formula is C31H28N4S. The molecule has 4 nitrogen and oxygen atoms in total. The molecule has 5 aromatic rings. The molecule has 1 fully saturated rings. The number of aryl methyl sites for hydroxylation is 1. The summed E-state index contributed by atoms with van der Waals surface area (Å²) in [6.45, 7) is 0. The number of aromatic nitrogens is 3. The molecule has 5 heteroatoms. The topological polar surface area (TPSA) is 64.7 Å². The number of fused-ring (bicyclic) bond motifs is 1. The summed E-state index contributed by atoms with van der Waals surface area (Å²) in [5.74, 6) is 0.945. The average molecular weight is 489 g/mol. The van der Waals surface area contributed by atoms with Gasteiger partial charge in [0, 0.05) is 46.4 Å². The Bertz CT molecular complexity index is 1480. The molecule has 0 bridgehead atoms. The van der Waals surface area contributed by atoms with E-state index in [0.29, 0.717) is 0 Å². The fourth-order valence-electron chi connectivity index (χ4n) is 4.87. The maximum Gasteiger partial charge on any atom is 0.105 e. The first-order chi connectivity index (χ1) is 17.7. The molecule has 1 aliphatic carbocycles. The third-order valence-electron chi connectivity index (χ3n) is 7.15. The molecule has 36 heavy (non-hydrogen) atoms. The van der Waals surface area contributed by atoms with Gasteiger partial charge in [-0.15, -0.1) is 11.8 Å². The van der Waals surface area contributed by atoms with Crippen LogP contribution in [0, 0.1) is 0 Å². The summed E-state index contributed by atoms with van der Waals surface area (Å²) >= 11 is 1.78. The largest absolute Gasteiger partial charge is 0.321 e. The van der Waals surface area contributed by atoms with Gasteiger partial charge >= 0.3 is 0 Å². The van der Waals surface area contributed by atoms with Crippen LogP contribution < -0.4 is 5.73 Å². The number of nitrogens with zero attached hydrogens (tertiary/aromatic N) is 3. The van der Waals surface area contributed by atoms with Crippen LogP contribution >= 0.6 is 11.8 Å². The Hall–Kier alpha value is -3.54. The number of hydrogen-bond donors (Lipinski definition) is 1. The summed E-state index contributed by atoms with van der Waals surface area (Å²) in [7, 11) is 0. The van der Waals surface area contributed by atoms with E-state index in [1.54, 1.807) is 11.8 Å². The highest BCUT2D eigenvalue weighted by molar-refractivity contribution is 7.99. The second-order valence-electron chi connectivity index (χ2n) is 9.47. The van der Waals surface area contributed by atoms with Gasteiger partial charge in [0.15, 0.2) is 0 Å². The molecule has 3 heterocycles. The van der Waals surface area contributed by atoms with Crippen LogP contribution in [0.2, 0.25) is 0 Å². The van der Waals surface area contributed by atoms with Crippen molar-refractivity contribution in [3.05, 3.63) is 109 Å². The van der Waals surface area contributed by atoms with Crippen molar-refractivity contribution >= 4 is 22.7 Å². The van der Waals surface area contributed by atoms with Crippen molar-refractivity contribution in [3.63, 3.8) is 0 Å². The Morgan fingerprint density at radius 3 is 2.33 bits per heavy atom. The van der Waals surface area contributed by atoms with E-state index in [0.717, 1.165) is 63.3 Å². The Balaban J connectivity index is 1.39. The third-order valence-corrected chi connectivity index (χ3v) is 8.16. The summed E-state index contributed by atoms with van der Waals surface area (Å²) in [5.41, 5.74) is 14.2. The normalized spacial score (nSPS) is 14.5. The maximum absolute atomic E-state index is 6.57. The van der Waals surface area contributed by atoms with E-state index in [2.05, 4.69) is 71.7 Å². The van der Waals surface area contributed by atoms with E-state index >= 15 is 0 Å². The predicted octanol–water partition coefficient (Wildman–Crippen LogP) is 7.03. The van der Waals surface area contributed by atoms with Crippen LogP contribution in [0.3, 0.4) is 0 Å². The molecule has 1 aliphatic rings.